The first-order valence-electron chi connectivity index (χ1n) is 8.87. The average molecular weight is 355 g/mol. The Kier molecular flexibility index (Phi) is 6.64. The molecule has 0 aromatic heterocycles. The van der Waals surface area contributed by atoms with Gasteiger partial charge in [-0.05, 0) is 56.1 Å². The Balaban J connectivity index is 2.19. The molecule has 0 aliphatic rings. The number of aromatic hydroxyl groups is 1. The Morgan fingerprint density at radius 2 is 1.81 bits per heavy atom. The minimum Gasteiger partial charge on any atom is -0.506 e. The fourth-order valence-corrected chi connectivity index (χ4v) is 3.31. The van der Waals surface area contributed by atoms with Crippen molar-refractivity contribution in [1.82, 2.24) is 4.90 Å². The molecule has 2 aromatic rings. The van der Waals surface area contributed by atoms with Crippen LogP contribution in [0.15, 0.2) is 48.5 Å². The number of phenols is 1. The summed E-state index contributed by atoms with van der Waals surface area (Å²) < 4.78 is 0. The number of amides is 1. The van der Waals surface area contributed by atoms with Crippen LogP contribution in [0, 0.1) is 5.92 Å². The third-order valence-electron chi connectivity index (χ3n) is 5.12. The van der Waals surface area contributed by atoms with Crippen LogP contribution in [0.5, 0.6) is 5.75 Å². The van der Waals surface area contributed by atoms with E-state index in [1.807, 2.05) is 57.4 Å². The van der Waals surface area contributed by atoms with Crippen molar-refractivity contribution in [2.75, 3.05) is 19.8 Å². The normalized spacial score (nSPS) is 14.8. The first-order chi connectivity index (χ1) is 12.3. The van der Waals surface area contributed by atoms with E-state index >= 15 is 0 Å². The number of nitrogen functional groups attached to an aromatic ring is 1. The van der Waals surface area contributed by atoms with Crippen LogP contribution in [0.1, 0.15) is 30.4 Å². The number of nitrogens with two attached hydrogens (primary N) is 2. The zero-order valence-corrected chi connectivity index (χ0v) is 15.7. The quantitative estimate of drug-likeness (QED) is 0.501. The maximum Gasteiger partial charge on any atom is 0.221 e. The Labute approximate surface area is 155 Å². The molecule has 0 aliphatic heterocycles. The molecule has 2 aromatic carbocycles. The molecule has 0 aliphatic carbocycles. The molecule has 5 heteroatoms. The van der Waals surface area contributed by atoms with Gasteiger partial charge in [0.25, 0.3) is 0 Å². The second kappa shape index (κ2) is 8.72. The van der Waals surface area contributed by atoms with E-state index in [1.165, 1.54) is 0 Å². The minimum absolute atomic E-state index is 0.0379. The van der Waals surface area contributed by atoms with Gasteiger partial charge in [-0.3, -0.25) is 4.79 Å². The predicted molar refractivity (Wildman–Crippen MR) is 106 cm³/mol. The van der Waals surface area contributed by atoms with E-state index in [-0.39, 0.29) is 29.5 Å². The second-order valence-electron chi connectivity index (χ2n) is 7.16. The number of anilines is 1. The highest BCUT2D eigenvalue weighted by atomic mass is 16.3. The molecular weight excluding hydrogens is 326 g/mol. The molecule has 0 spiro atoms. The molecule has 0 heterocycles. The van der Waals surface area contributed by atoms with Gasteiger partial charge in [-0.15, -0.1) is 0 Å². The molecule has 2 unspecified atom stereocenters. The lowest BCUT2D eigenvalue weighted by atomic mass is 9.81. The summed E-state index contributed by atoms with van der Waals surface area (Å²) in [6.07, 6.45) is 1.34. The lowest BCUT2D eigenvalue weighted by Gasteiger charge is -2.30. The molecule has 0 saturated heterocycles. The maximum atomic E-state index is 12.2. The number of hydrogen-bond donors (Lipinski definition) is 3. The van der Waals surface area contributed by atoms with E-state index in [9.17, 15) is 9.90 Å². The fourth-order valence-electron chi connectivity index (χ4n) is 3.31. The molecule has 2 rings (SSSR count). The van der Waals surface area contributed by atoms with E-state index in [1.54, 1.807) is 12.1 Å². The Hall–Kier alpha value is -2.53. The standard InChI is InChI=1S/C21H29N3O2/c1-14(16-7-5-4-6-8-16)18(21(23)26)13-17(24(2)3)11-15-9-10-19(22)20(25)12-15/h4-10,12,14,17-18,25H,11,13,22H2,1-3H3,(H2,23,26)/t14?,17-,18?/m1/s1. The Morgan fingerprint density at radius 1 is 1.15 bits per heavy atom. The Morgan fingerprint density at radius 3 is 2.35 bits per heavy atom. The Bertz CT molecular complexity index is 731. The molecule has 3 atom stereocenters. The van der Waals surface area contributed by atoms with Gasteiger partial charge in [-0.25, -0.2) is 0 Å². The van der Waals surface area contributed by atoms with Crippen LogP contribution in [0.2, 0.25) is 0 Å². The summed E-state index contributed by atoms with van der Waals surface area (Å²) in [7, 11) is 3.99. The number of hydrogen-bond acceptors (Lipinski definition) is 4. The third kappa shape index (κ3) is 4.99. The molecular formula is C21H29N3O2. The van der Waals surface area contributed by atoms with Gasteiger partial charge in [0.1, 0.15) is 5.75 Å². The van der Waals surface area contributed by atoms with Crippen LogP contribution in [0.3, 0.4) is 0 Å². The summed E-state index contributed by atoms with van der Waals surface area (Å²) in [6.45, 7) is 2.05. The molecule has 26 heavy (non-hydrogen) atoms. The number of primary amides is 1. The molecule has 140 valence electrons. The van der Waals surface area contributed by atoms with E-state index in [0.717, 1.165) is 11.1 Å². The highest BCUT2D eigenvalue weighted by molar-refractivity contribution is 5.77. The largest absolute Gasteiger partial charge is 0.506 e. The van der Waals surface area contributed by atoms with Gasteiger partial charge in [-0.1, -0.05) is 43.3 Å². The fraction of sp³-hybridized carbons (Fsp3) is 0.381. The van der Waals surface area contributed by atoms with Crippen molar-refractivity contribution in [3.05, 3.63) is 59.7 Å². The van der Waals surface area contributed by atoms with Crippen molar-refractivity contribution in [1.29, 1.82) is 0 Å². The number of carbonyl (C=O) groups excluding carboxylic acids is 1. The van der Waals surface area contributed by atoms with Crippen molar-refractivity contribution in [2.24, 2.45) is 11.7 Å². The van der Waals surface area contributed by atoms with Crippen LogP contribution >= 0.6 is 0 Å². The summed E-state index contributed by atoms with van der Waals surface area (Å²) in [6, 6.07) is 15.4. The minimum atomic E-state index is -0.284. The lowest BCUT2D eigenvalue weighted by Crippen LogP contribution is -2.38. The topological polar surface area (TPSA) is 92.6 Å². The molecule has 1 amide bonds. The van der Waals surface area contributed by atoms with Crippen LogP contribution in [-0.2, 0) is 11.2 Å². The SMILES string of the molecule is CC(c1ccccc1)C(C[C@@H](Cc1ccc(N)c(O)c1)N(C)C)C(N)=O. The van der Waals surface area contributed by atoms with E-state index in [4.69, 9.17) is 11.5 Å². The van der Waals surface area contributed by atoms with Gasteiger partial charge in [0.2, 0.25) is 5.91 Å². The van der Waals surface area contributed by atoms with Gasteiger partial charge >= 0.3 is 0 Å². The van der Waals surface area contributed by atoms with Crippen molar-refractivity contribution in [2.45, 2.75) is 31.7 Å². The summed E-state index contributed by atoms with van der Waals surface area (Å²) in [5, 5.41) is 9.85. The average Bonchev–Trinajstić information content (AvgIpc) is 2.61. The highest BCUT2D eigenvalue weighted by Crippen LogP contribution is 2.30. The first-order valence-corrected chi connectivity index (χ1v) is 8.87. The first kappa shape index (κ1) is 19.8. The van der Waals surface area contributed by atoms with E-state index in [0.29, 0.717) is 18.5 Å². The van der Waals surface area contributed by atoms with Crippen LogP contribution in [-0.4, -0.2) is 36.1 Å². The maximum absolute atomic E-state index is 12.2. The zero-order valence-electron chi connectivity index (χ0n) is 15.7. The van der Waals surface area contributed by atoms with Gasteiger partial charge in [-0.2, -0.15) is 0 Å². The molecule has 0 saturated carbocycles. The number of carbonyl (C=O) groups is 1. The smallest absolute Gasteiger partial charge is 0.221 e. The van der Waals surface area contributed by atoms with Gasteiger partial charge in [0.05, 0.1) is 5.69 Å². The number of phenolic OH excluding ortho intramolecular Hbond substituents is 1. The van der Waals surface area contributed by atoms with Gasteiger partial charge in [0, 0.05) is 12.0 Å². The van der Waals surface area contributed by atoms with Gasteiger partial charge in [0.15, 0.2) is 0 Å². The molecule has 5 N–H and O–H groups in total. The van der Waals surface area contributed by atoms with Crippen LogP contribution in [0.25, 0.3) is 0 Å². The highest BCUT2D eigenvalue weighted by Gasteiger charge is 2.28. The molecule has 5 nitrogen and oxygen atoms in total. The molecule has 0 fully saturated rings. The number of nitrogens with zero attached hydrogens (tertiary/aromatic N) is 1. The second-order valence-corrected chi connectivity index (χ2v) is 7.16. The molecule has 0 radical (unpaired) electrons. The summed E-state index contributed by atoms with van der Waals surface area (Å²) >= 11 is 0. The summed E-state index contributed by atoms with van der Waals surface area (Å²) in [4.78, 5) is 14.3. The van der Waals surface area contributed by atoms with Crippen molar-refractivity contribution < 1.29 is 9.90 Å². The van der Waals surface area contributed by atoms with Crippen LogP contribution in [0.4, 0.5) is 5.69 Å². The van der Waals surface area contributed by atoms with Crippen molar-refractivity contribution in [3.63, 3.8) is 0 Å². The number of rotatable bonds is 8. The van der Waals surface area contributed by atoms with Crippen molar-refractivity contribution in [3.8, 4) is 5.75 Å². The third-order valence-corrected chi connectivity index (χ3v) is 5.12. The molecule has 0 bridgehead atoms. The van der Waals surface area contributed by atoms with E-state index < -0.39 is 0 Å². The lowest BCUT2D eigenvalue weighted by molar-refractivity contribution is -0.123. The van der Waals surface area contributed by atoms with Crippen LogP contribution < -0.4 is 11.5 Å². The number of likely N-dealkylation sites (N-methyl/N-ethyl adjacent to an activating group) is 1. The summed E-state index contributed by atoms with van der Waals surface area (Å²) in [5.41, 5.74) is 13.9. The zero-order chi connectivity index (χ0) is 19.3. The predicted octanol–water partition coefficient (Wildman–Crippen LogP) is 2.74. The van der Waals surface area contributed by atoms with E-state index in [2.05, 4.69) is 4.90 Å². The number of benzene rings is 2. The van der Waals surface area contributed by atoms with Crippen molar-refractivity contribution >= 4 is 11.6 Å². The monoisotopic (exact) mass is 355 g/mol. The van der Waals surface area contributed by atoms with Gasteiger partial charge < -0.3 is 21.5 Å². The summed E-state index contributed by atoms with van der Waals surface area (Å²) in [5.74, 6) is -0.430.